The Morgan fingerprint density at radius 1 is 1.39 bits per heavy atom. The van der Waals surface area contributed by atoms with E-state index < -0.39 is 0 Å². The number of carbonyl (C=O) groups excluding carboxylic acids is 1. The standard InChI is InChI=1S/C16H17N3O4/c1-10-11(2)23-15-14(10)16(21)19(9-18-15)8-13(20)17-6-5-12-4-3-7-22-12/h3-4,7,9H,5-6,8H2,1-2H3,(H,17,20). The molecule has 3 aromatic heterocycles. The fourth-order valence-corrected chi connectivity index (χ4v) is 2.37. The van der Waals surface area contributed by atoms with Crippen LogP contribution in [0.25, 0.3) is 11.1 Å². The summed E-state index contributed by atoms with van der Waals surface area (Å²) < 4.78 is 11.9. The maximum atomic E-state index is 12.4. The average molecular weight is 315 g/mol. The molecule has 0 atom stereocenters. The van der Waals surface area contributed by atoms with E-state index in [4.69, 9.17) is 8.83 Å². The van der Waals surface area contributed by atoms with E-state index in [-0.39, 0.29) is 18.0 Å². The molecule has 0 aliphatic heterocycles. The number of hydrogen-bond acceptors (Lipinski definition) is 5. The predicted molar refractivity (Wildman–Crippen MR) is 83.2 cm³/mol. The van der Waals surface area contributed by atoms with Gasteiger partial charge in [0.25, 0.3) is 5.56 Å². The second-order valence-corrected chi connectivity index (χ2v) is 5.32. The van der Waals surface area contributed by atoms with Crippen molar-refractivity contribution in [3.05, 3.63) is 52.2 Å². The summed E-state index contributed by atoms with van der Waals surface area (Å²) in [5.74, 6) is 1.21. The van der Waals surface area contributed by atoms with E-state index in [2.05, 4.69) is 10.3 Å². The summed E-state index contributed by atoms with van der Waals surface area (Å²) in [5, 5.41) is 3.18. The Morgan fingerprint density at radius 3 is 2.96 bits per heavy atom. The van der Waals surface area contributed by atoms with Crippen LogP contribution < -0.4 is 10.9 Å². The second kappa shape index (κ2) is 6.12. The summed E-state index contributed by atoms with van der Waals surface area (Å²) >= 11 is 0. The number of nitrogens with zero attached hydrogens (tertiary/aromatic N) is 2. The lowest BCUT2D eigenvalue weighted by Crippen LogP contribution is -2.33. The van der Waals surface area contributed by atoms with E-state index in [1.54, 1.807) is 26.2 Å². The van der Waals surface area contributed by atoms with Crippen LogP contribution in [0.15, 0.2) is 38.4 Å². The van der Waals surface area contributed by atoms with Crippen LogP contribution in [-0.2, 0) is 17.8 Å². The maximum absolute atomic E-state index is 12.4. The zero-order valence-corrected chi connectivity index (χ0v) is 13.0. The van der Waals surface area contributed by atoms with Crippen molar-refractivity contribution >= 4 is 17.0 Å². The summed E-state index contributed by atoms with van der Waals surface area (Å²) in [6.45, 7) is 3.95. The molecule has 7 nitrogen and oxygen atoms in total. The normalized spacial score (nSPS) is 11.0. The van der Waals surface area contributed by atoms with Crippen molar-refractivity contribution in [1.29, 1.82) is 0 Å². The number of aryl methyl sites for hydroxylation is 2. The van der Waals surface area contributed by atoms with Gasteiger partial charge in [0, 0.05) is 18.5 Å². The van der Waals surface area contributed by atoms with Crippen molar-refractivity contribution in [1.82, 2.24) is 14.9 Å². The summed E-state index contributed by atoms with van der Waals surface area (Å²) in [6.07, 6.45) is 3.52. The Morgan fingerprint density at radius 2 is 2.22 bits per heavy atom. The molecule has 7 heteroatoms. The molecule has 3 heterocycles. The van der Waals surface area contributed by atoms with Crippen LogP contribution in [0.1, 0.15) is 17.1 Å². The number of amides is 1. The largest absolute Gasteiger partial charge is 0.469 e. The Kier molecular flexibility index (Phi) is 4.01. The Balaban J connectivity index is 1.68. The molecule has 0 bridgehead atoms. The molecule has 3 aromatic rings. The van der Waals surface area contributed by atoms with Gasteiger partial charge in [-0.3, -0.25) is 14.2 Å². The van der Waals surface area contributed by atoms with Crippen molar-refractivity contribution in [2.45, 2.75) is 26.8 Å². The third-order valence-electron chi connectivity index (χ3n) is 3.74. The number of carbonyl (C=O) groups is 1. The van der Waals surface area contributed by atoms with Crippen molar-refractivity contribution < 1.29 is 13.6 Å². The van der Waals surface area contributed by atoms with Crippen LogP contribution >= 0.6 is 0 Å². The van der Waals surface area contributed by atoms with E-state index in [1.165, 1.54) is 10.9 Å². The van der Waals surface area contributed by atoms with Crippen LogP contribution in [-0.4, -0.2) is 22.0 Å². The number of aromatic nitrogens is 2. The van der Waals surface area contributed by atoms with Crippen LogP contribution in [0.2, 0.25) is 0 Å². The lowest BCUT2D eigenvalue weighted by atomic mass is 10.2. The van der Waals surface area contributed by atoms with Gasteiger partial charge in [-0.25, -0.2) is 4.98 Å². The van der Waals surface area contributed by atoms with Gasteiger partial charge in [0.15, 0.2) is 0 Å². The molecule has 120 valence electrons. The minimum Gasteiger partial charge on any atom is -0.469 e. The number of nitrogens with one attached hydrogen (secondary N) is 1. The highest BCUT2D eigenvalue weighted by Gasteiger charge is 2.15. The zero-order chi connectivity index (χ0) is 16.4. The van der Waals surface area contributed by atoms with E-state index in [0.29, 0.717) is 29.8 Å². The average Bonchev–Trinajstić information content (AvgIpc) is 3.12. The van der Waals surface area contributed by atoms with Gasteiger partial charge < -0.3 is 14.2 Å². The Hall–Kier alpha value is -2.83. The molecule has 0 spiro atoms. The maximum Gasteiger partial charge on any atom is 0.265 e. The quantitative estimate of drug-likeness (QED) is 0.771. The summed E-state index contributed by atoms with van der Waals surface area (Å²) in [6, 6.07) is 3.64. The number of furan rings is 2. The minimum atomic E-state index is -0.273. The smallest absolute Gasteiger partial charge is 0.265 e. The van der Waals surface area contributed by atoms with Gasteiger partial charge in [-0.1, -0.05) is 0 Å². The van der Waals surface area contributed by atoms with E-state index in [1.807, 2.05) is 6.07 Å². The van der Waals surface area contributed by atoms with E-state index in [9.17, 15) is 9.59 Å². The van der Waals surface area contributed by atoms with Crippen molar-refractivity contribution in [2.75, 3.05) is 6.54 Å². The lowest BCUT2D eigenvalue weighted by Gasteiger charge is -2.06. The van der Waals surface area contributed by atoms with Crippen molar-refractivity contribution in [3.8, 4) is 0 Å². The second-order valence-electron chi connectivity index (χ2n) is 5.32. The highest BCUT2D eigenvalue weighted by molar-refractivity contribution is 5.79. The van der Waals surface area contributed by atoms with Gasteiger partial charge in [0.1, 0.15) is 29.8 Å². The fourth-order valence-electron chi connectivity index (χ4n) is 2.37. The minimum absolute atomic E-state index is 0.0798. The number of rotatable bonds is 5. The summed E-state index contributed by atoms with van der Waals surface area (Å²) in [4.78, 5) is 28.5. The van der Waals surface area contributed by atoms with Gasteiger partial charge >= 0.3 is 0 Å². The fraction of sp³-hybridized carbons (Fsp3) is 0.312. The molecule has 0 radical (unpaired) electrons. The highest BCUT2D eigenvalue weighted by atomic mass is 16.3. The zero-order valence-electron chi connectivity index (χ0n) is 13.0. The molecular formula is C16H17N3O4. The van der Waals surface area contributed by atoms with Gasteiger partial charge in [-0.2, -0.15) is 0 Å². The Bertz CT molecular complexity index is 890. The van der Waals surface area contributed by atoms with Crippen LogP contribution in [0.3, 0.4) is 0 Å². The van der Waals surface area contributed by atoms with Crippen LogP contribution in [0.4, 0.5) is 0 Å². The number of fused-ring (bicyclic) bond motifs is 1. The van der Waals surface area contributed by atoms with Crippen LogP contribution in [0.5, 0.6) is 0 Å². The summed E-state index contributed by atoms with van der Waals surface area (Å²) in [7, 11) is 0. The van der Waals surface area contributed by atoms with Crippen molar-refractivity contribution in [3.63, 3.8) is 0 Å². The van der Waals surface area contributed by atoms with Crippen molar-refractivity contribution in [2.24, 2.45) is 0 Å². The number of hydrogen-bond donors (Lipinski definition) is 1. The highest BCUT2D eigenvalue weighted by Crippen LogP contribution is 2.18. The molecule has 1 N–H and O–H groups in total. The van der Waals surface area contributed by atoms with E-state index >= 15 is 0 Å². The topological polar surface area (TPSA) is 90.3 Å². The van der Waals surface area contributed by atoms with E-state index in [0.717, 1.165) is 11.3 Å². The Labute approximate surface area is 131 Å². The molecule has 0 aliphatic rings. The van der Waals surface area contributed by atoms with Crippen LogP contribution in [0, 0.1) is 13.8 Å². The molecule has 0 aromatic carbocycles. The SMILES string of the molecule is Cc1oc2ncn(CC(=O)NCCc3ccco3)c(=O)c2c1C. The molecule has 0 unspecified atom stereocenters. The first-order chi connectivity index (χ1) is 11.1. The predicted octanol–water partition coefficient (Wildman–Crippen LogP) is 1.56. The monoisotopic (exact) mass is 315 g/mol. The third kappa shape index (κ3) is 3.03. The molecule has 1 amide bonds. The van der Waals surface area contributed by atoms with Gasteiger partial charge in [-0.05, 0) is 26.0 Å². The molecule has 0 saturated carbocycles. The van der Waals surface area contributed by atoms with Gasteiger partial charge in [-0.15, -0.1) is 0 Å². The molecule has 0 fully saturated rings. The third-order valence-corrected chi connectivity index (χ3v) is 3.74. The first kappa shape index (κ1) is 15.1. The first-order valence-corrected chi connectivity index (χ1v) is 7.30. The lowest BCUT2D eigenvalue weighted by molar-refractivity contribution is -0.121. The molecular weight excluding hydrogens is 298 g/mol. The molecule has 23 heavy (non-hydrogen) atoms. The summed E-state index contributed by atoms with van der Waals surface area (Å²) in [5.41, 5.74) is 0.787. The van der Waals surface area contributed by atoms with Gasteiger partial charge in [0.2, 0.25) is 11.6 Å². The molecule has 0 saturated heterocycles. The molecule has 0 aliphatic carbocycles. The first-order valence-electron chi connectivity index (χ1n) is 7.30. The van der Waals surface area contributed by atoms with Gasteiger partial charge in [0.05, 0.1) is 6.26 Å². The molecule has 3 rings (SSSR count).